The Kier molecular flexibility index (Phi) is 2.72. The number of nitrogens with zero attached hydrogens (tertiary/aromatic N) is 1. The predicted octanol–water partition coefficient (Wildman–Crippen LogP) is 0.451. The Labute approximate surface area is 96.5 Å². The Morgan fingerprint density at radius 1 is 1.53 bits per heavy atom. The number of rotatable bonds is 2. The fourth-order valence-corrected chi connectivity index (χ4v) is 1.46. The molecule has 0 aliphatic carbocycles. The van der Waals surface area contributed by atoms with E-state index in [-0.39, 0.29) is 0 Å². The maximum atomic E-state index is 11.3. The number of aromatic nitrogens is 1. The second-order valence-corrected chi connectivity index (χ2v) is 3.77. The maximum Gasteiger partial charge on any atom is 0.419 e. The molecule has 2 N–H and O–H groups in total. The van der Waals surface area contributed by atoms with Crippen LogP contribution in [0.1, 0.15) is 6.92 Å². The molecule has 0 spiro atoms. The first-order valence-electron chi connectivity index (χ1n) is 5.07. The molecule has 2 rings (SSSR count). The standard InChI is InChI=1S/C11H12N2O4/c1-6(14)10(15)12-7-3-4-8-9(5-7)17-11(16)13(8)2/h3-6,14H,1-2H3,(H,12,15). The van der Waals surface area contributed by atoms with Crippen LogP contribution >= 0.6 is 0 Å². The zero-order chi connectivity index (χ0) is 12.6. The number of fused-ring (bicyclic) bond motifs is 1. The van der Waals surface area contributed by atoms with Crippen LogP contribution in [0.5, 0.6) is 0 Å². The van der Waals surface area contributed by atoms with Crippen molar-refractivity contribution < 1.29 is 14.3 Å². The number of carbonyl (C=O) groups is 1. The summed E-state index contributed by atoms with van der Waals surface area (Å²) in [6, 6.07) is 4.84. The van der Waals surface area contributed by atoms with E-state index in [1.54, 1.807) is 19.2 Å². The van der Waals surface area contributed by atoms with Gasteiger partial charge < -0.3 is 14.8 Å². The second-order valence-electron chi connectivity index (χ2n) is 3.77. The third kappa shape index (κ3) is 2.07. The minimum Gasteiger partial charge on any atom is -0.408 e. The number of anilines is 1. The number of benzene rings is 1. The fourth-order valence-electron chi connectivity index (χ4n) is 1.46. The maximum absolute atomic E-state index is 11.3. The normalized spacial score (nSPS) is 12.6. The lowest BCUT2D eigenvalue weighted by Gasteiger charge is -2.06. The first kappa shape index (κ1) is 11.4. The number of nitrogens with one attached hydrogen (secondary N) is 1. The Morgan fingerprint density at radius 3 is 2.88 bits per heavy atom. The van der Waals surface area contributed by atoms with Crippen molar-refractivity contribution in [2.45, 2.75) is 13.0 Å². The monoisotopic (exact) mass is 236 g/mol. The molecule has 6 heteroatoms. The highest BCUT2D eigenvalue weighted by Gasteiger charge is 2.11. The van der Waals surface area contributed by atoms with Crippen molar-refractivity contribution in [3.63, 3.8) is 0 Å². The van der Waals surface area contributed by atoms with Crippen LogP contribution in [0.25, 0.3) is 11.1 Å². The van der Waals surface area contributed by atoms with Gasteiger partial charge in [0.05, 0.1) is 5.52 Å². The van der Waals surface area contributed by atoms with Crippen LogP contribution in [0.4, 0.5) is 5.69 Å². The van der Waals surface area contributed by atoms with E-state index in [0.29, 0.717) is 16.8 Å². The van der Waals surface area contributed by atoms with Gasteiger partial charge in [0.1, 0.15) is 6.10 Å². The minimum absolute atomic E-state index is 0.390. The number of aliphatic hydroxyl groups is 1. The van der Waals surface area contributed by atoms with Crippen LogP contribution in [0.15, 0.2) is 27.4 Å². The SMILES string of the molecule is CC(O)C(=O)Nc1ccc2c(c1)oc(=O)n2C. The van der Waals surface area contributed by atoms with Gasteiger partial charge in [0.2, 0.25) is 0 Å². The van der Waals surface area contributed by atoms with Gasteiger partial charge in [-0.15, -0.1) is 0 Å². The van der Waals surface area contributed by atoms with Gasteiger partial charge >= 0.3 is 5.76 Å². The summed E-state index contributed by atoms with van der Waals surface area (Å²) in [6.45, 7) is 1.37. The van der Waals surface area contributed by atoms with Crippen molar-refractivity contribution in [1.82, 2.24) is 4.57 Å². The summed E-state index contributed by atoms with van der Waals surface area (Å²) in [6.07, 6.45) is -1.09. The van der Waals surface area contributed by atoms with Crippen LogP contribution in [0, 0.1) is 0 Å². The van der Waals surface area contributed by atoms with Crippen molar-refractivity contribution >= 4 is 22.7 Å². The molecule has 0 saturated carbocycles. The Morgan fingerprint density at radius 2 is 2.24 bits per heavy atom. The number of aliphatic hydroxyl groups excluding tert-OH is 1. The van der Waals surface area contributed by atoms with E-state index in [9.17, 15) is 9.59 Å². The first-order valence-corrected chi connectivity index (χ1v) is 5.07. The smallest absolute Gasteiger partial charge is 0.408 e. The molecule has 1 unspecified atom stereocenters. The molecule has 90 valence electrons. The number of oxazole rings is 1. The average Bonchev–Trinajstić information content (AvgIpc) is 2.54. The molecule has 0 aliphatic heterocycles. The molecular weight excluding hydrogens is 224 g/mol. The van der Waals surface area contributed by atoms with E-state index < -0.39 is 17.8 Å². The van der Waals surface area contributed by atoms with E-state index >= 15 is 0 Å². The molecule has 2 aromatic rings. The molecule has 6 nitrogen and oxygen atoms in total. The van der Waals surface area contributed by atoms with Gasteiger partial charge in [0.15, 0.2) is 5.58 Å². The highest BCUT2D eigenvalue weighted by Crippen LogP contribution is 2.17. The Hall–Kier alpha value is -2.08. The van der Waals surface area contributed by atoms with E-state index in [1.165, 1.54) is 17.6 Å². The van der Waals surface area contributed by atoms with Gasteiger partial charge in [-0.1, -0.05) is 0 Å². The van der Waals surface area contributed by atoms with Gasteiger partial charge in [0, 0.05) is 18.8 Å². The first-order chi connectivity index (χ1) is 7.99. The lowest BCUT2D eigenvalue weighted by molar-refractivity contribution is -0.123. The molecule has 1 aromatic carbocycles. The molecule has 0 bridgehead atoms. The number of amides is 1. The zero-order valence-electron chi connectivity index (χ0n) is 9.43. The zero-order valence-corrected chi connectivity index (χ0v) is 9.43. The van der Waals surface area contributed by atoms with Gasteiger partial charge in [-0.3, -0.25) is 9.36 Å². The summed E-state index contributed by atoms with van der Waals surface area (Å²) >= 11 is 0. The molecule has 1 heterocycles. The van der Waals surface area contributed by atoms with E-state index in [4.69, 9.17) is 9.52 Å². The van der Waals surface area contributed by atoms with Crippen molar-refractivity contribution in [3.8, 4) is 0 Å². The summed E-state index contributed by atoms with van der Waals surface area (Å²) < 4.78 is 6.35. The van der Waals surface area contributed by atoms with Crippen LogP contribution < -0.4 is 11.1 Å². The van der Waals surface area contributed by atoms with Crippen molar-refractivity contribution in [3.05, 3.63) is 28.7 Å². The predicted molar refractivity (Wildman–Crippen MR) is 61.8 cm³/mol. The lowest BCUT2D eigenvalue weighted by Crippen LogP contribution is -2.24. The molecule has 1 atom stereocenters. The summed E-state index contributed by atoms with van der Waals surface area (Å²) in [4.78, 5) is 22.5. The molecule has 0 fully saturated rings. The van der Waals surface area contributed by atoms with Gasteiger partial charge in [-0.05, 0) is 19.1 Å². The summed E-state index contributed by atoms with van der Waals surface area (Å²) in [7, 11) is 1.60. The topological polar surface area (TPSA) is 84.5 Å². The van der Waals surface area contributed by atoms with Crippen LogP contribution in [0.2, 0.25) is 0 Å². The number of hydrogen-bond acceptors (Lipinski definition) is 4. The lowest BCUT2D eigenvalue weighted by atomic mass is 10.2. The molecular formula is C11H12N2O4. The average molecular weight is 236 g/mol. The highest BCUT2D eigenvalue weighted by molar-refractivity contribution is 5.95. The Bertz CT molecular complexity index is 624. The minimum atomic E-state index is -1.09. The van der Waals surface area contributed by atoms with Gasteiger partial charge in [0.25, 0.3) is 5.91 Å². The third-order valence-corrected chi connectivity index (χ3v) is 2.44. The quantitative estimate of drug-likeness (QED) is 0.792. The second kappa shape index (κ2) is 4.06. The van der Waals surface area contributed by atoms with Crippen LogP contribution in [-0.4, -0.2) is 21.7 Å². The summed E-state index contributed by atoms with van der Waals surface area (Å²) in [5.41, 5.74) is 1.50. The summed E-state index contributed by atoms with van der Waals surface area (Å²) in [5.74, 6) is -0.971. The van der Waals surface area contributed by atoms with Crippen molar-refractivity contribution in [1.29, 1.82) is 0 Å². The highest BCUT2D eigenvalue weighted by atomic mass is 16.4. The van der Waals surface area contributed by atoms with E-state index in [1.807, 2.05) is 0 Å². The molecule has 1 amide bonds. The van der Waals surface area contributed by atoms with Gasteiger partial charge in [-0.25, -0.2) is 4.79 Å². The molecule has 0 aliphatic rings. The molecule has 0 saturated heterocycles. The molecule has 17 heavy (non-hydrogen) atoms. The van der Waals surface area contributed by atoms with Crippen LogP contribution in [-0.2, 0) is 11.8 Å². The number of hydrogen-bond donors (Lipinski definition) is 2. The third-order valence-electron chi connectivity index (χ3n) is 2.44. The van der Waals surface area contributed by atoms with Crippen molar-refractivity contribution in [2.75, 3.05) is 5.32 Å². The molecule has 1 aromatic heterocycles. The number of carbonyl (C=O) groups excluding carboxylic acids is 1. The van der Waals surface area contributed by atoms with Gasteiger partial charge in [-0.2, -0.15) is 0 Å². The molecule has 0 radical (unpaired) electrons. The summed E-state index contributed by atoms with van der Waals surface area (Å²) in [5, 5.41) is 11.6. The van der Waals surface area contributed by atoms with E-state index in [0.717, 1.165) is 0 Å². The van der Waals surface area contributed by atoms with E-state index in [2.05, 4.69) is 5.32 Å². The fraction of sp³-hybridized carbons (Fsp3) is 0.273. The largest absolute Gasteiger partial charge is 0.419 e. The Balaban J connectivity index is 2.39. The number of aryl methyl sites for hydroxylation is 1. The van der Waals surface area contributed by atoms with Crippen LogP contribution in [0.3, 0.4) is 0 Å². The van der Waals surface area contributed by atoms with Crippen molar-refractivity contribution in [2.24, 2.45) is 7.05 Å².